The molecule has 0 amide bonds. The number of methoxy groups -OCH3 is 1. The normalized spacial score (nSPS) is 14.6. The standard InChI is InChI=1S/C15H26N2O/c1-5-10-15(2,12-16)17(3)11-13-6-8-14(18-4)9-7-13/h6-9H,5,10-12,16H2,1-4H3. The molecule has 0 aliphatic carbocycles. The molecule has 0 saturated heterocycles. The summed E-state index contributed by atoms with van der Waals surface area (Å²) in [4.78, 5) is 2.35. The van der Waals surface area contributed by atoms with Crippen molar-refractivity contribution in [3.05, 3.63) is 29.8 Å². The predicted octanol–water partition coefficient (Wildman–Crippen LogP) is 2.64. The molecule has 18 heavy (non-hydrogen) atoms. The lowest BCUT2D eigenvalue weighted by Gasteiger charge is -2.38. The SMILES string of the molecule is CCCC(C)(CN)N(C)Cc1ccc(OC)cc1. The highest BCUT2D eigenvalue weighted by Gasteiger charge is 2.26. The van der Waals surface area contributed by atoms with Crippen molar-refractivity contribution in [3.63, 3.8) is 0 Å². The number of nitrogens with two attached hydrogens (primary N) is 1. The molecule has 0 fully saturated rings. The van der Waals surface area contributed by atoms with Crippen LogP contribution in [0.4, 0.5) is 0 Å². The van der Waals surface area contributed by atoms with Gasteiger partial charge in [0.15, 0.2) is 0 Å². The maximum Gasteiger partial charge on any atom is 0.118 e. The van der Waals surface area contributed by atoms with Crippen molar-refractivity contribution >= 4 is 0 Å². The fraction of sp³-hybridized carbons (Fsp3) is 0.600. The second-order valence-corrected chi connectivity index (χ2v) is 5.16. The Labute approximate surface area is 111 Å². The van der Waals surface area contributed by atoms with Crippen molar-refractivity contribution in [3.8, 4) is 5.75 Å². The zero-order chi connectivity index (χ0) is 13.6. The summed E-state index contributed by atoms with van der Waals surface area (Å²) in [5.74, 6) is 0.900. The highest BCUT2D eigenvalue weighted by atomic mass is 16.5. The zero-order valence-corrected chi connectivity index (χ0v) is 12.1. The van der Waals surface area contributed by atoms with E-state index in [4.69, 9.17) is 10.5 Å². The summed E-state index contributed by atoms with van der Waals surface area (Å²) in [5.41, 5.74) is 7.30. The highest BCUT2D eigenvalue weighted by molar-refractivity contribution is 5.27. The summed E-state index contributed by atoms with van der Waals surface area (Å²) in [6.45, 7) is 6.04. The van der Waals surface area contributed by atoms with E-state index in [9.17, 15) is 0 Å². The maximum absolute atomic E-state index is 5.93. The average molecular weight is 250 g/mol. The van der Waals surface area contributed by atoms with E-state index in [1.54, 1.807) is 7.11 Å². The lowest BCUT2D eigenvalue weighted by Crippen LogP contribution is -2.49. The first-order valence-electron chi connectivity index (χ1n) is 6.60. The molecule has 1 rings (SSSR count). The quantitative estimate of drug-likeness (QED) is 0.808. The Morgan fingerprint density at radius 1 is 1.28 bits per heavy atom. The van der Waals surface area contributed by atoms with Gasteiger partial charge < -0.3 is 10.5 Å². The number of ether oxygens (including phenoxy) is 1. The fourth-order valence-corrected chi connectivity index (χ4v) is 2.18. The van der Waals surface area contributed by atoms with E-state index >= 15 is 0 Å². The summed E-state index contributed by atoms with van der Waals surface area (Å²) >= 11 is 0. The van der Waals surface area contributed by atoms with Crippen LogP contribution in [0.25, 0.3) is 0 Å². The van der Waals surface area contributed by atoms with E-state index in [0.717, 1.165) is 25.1 Å². The van der Waals surface area contributed by atoms with E-state index in [2.05, 4.69) is 37.9 Å². The van der Waals surface area contributed by atoms with Gasteiger partial charge in [0.25, 0.3) is 0 Å². The summed E-state index contributed by atoms with van der Waals surface area (Å²) in [6, 6.07) is 8.22. The number of hydrogen-bond acceptors (Lipinski definition) is 3. The zero-order valence-electron chi connectivity index (χ0n) is 12.1. The molecule has 0 bridgehead atoms. The van der Waals surface area contributed by atoms with Crippen LogP contribution in [0.1, 0.15) is 32.3 Å². The van der Waals surface area contributed by atoms with Gasteiger partial charge in [0.2, 0.25) is 0 Å². The van der Waals surface area contributed by atoms with Crippen LogP contribution in [0.15, 0.2) is 24.3 Å². The number of rotatable bonds is 7. The lowest BCUT2D eigenvalue weighted by atomic mass is 9.94. The smallest absolute Gasteiger partial charge is 0.118 e. The number of benzene rings is 1. The third-order valence-electron chi connectivity index (χ3n) is 3.73. The molecule has 3 heteroatoms. The average Bonchev–Trinajstić information content (AvgIpc) is 2.39. The Bertz CT molecular complexity index is 350. The summed E-state index contributed by atoms with van der Waals surface area (Å²) in [5, 5.41) is 0. The van der Waals surface area contributed by atoms with Crippen LogP contribution in [0.3, 0.4) is 0 Å². The molecule has 1 aromatic carbocycles. The van der Waals surface area contributed by atoms with Crippen molar-refractivity contribution < 1.29 is 4.74 Å². The topological polar surface area (TPSA) is 38.5 Å². The van der Waals surface area contributed by atoms with Gasteiger partial charge in [-0.1, -0.05) is 25.5 Å². The largest absolute Gasteiger partial charge is 0.497 e. The maximum atomic E-state index is 5.93. The minimum Gasteiger partial charge on any atom is -0.497 e. The van der Waals surface area contributed by atoms with Crippen molar-refractivity contribution in [1.82, 2.24) is 4.90 Å². The van der Waals surface area contributed by atoms with Crippen LogP contribution < -0.4 is 10.5 Å². The minimum absolute atomic E-state index is 0.0781. The van der Waals surface area contributed by atoms with Crippen molar-refractivity contribution in [2.75, 3.05) is 20.7 Å². The first-order valence-corrected chi connectivity index (χ1v) is 6.60. The third-order valence-corrected chi connectivity index (χ3v) is 3.73. The van der Waals surface area contributed by atoms with E-state index < -0.39 is 0 Å². The molecule has 0 aromatic heterocycles. The Hall–Kier alpha value is -1.06. The van der Waals surface area contributed by atoms with Crippen molar-refractivity contribution in [1.29, 1.82) is 0 Å². The van der Waals surface area contributed by atoms with Crippen LogP contribution in [-0.2, 0) is 6.54 Å². The molecular weight excluding hydrogens is 224 g/mol. The molecule has 1 unspecified atom stereocenters. The minimum atomic E-state index is 0.0781. The van der Waals surface area contributed by atoms with Crippen molar-refractivity contribution in [2.45, 2.75) is 38.8 Å². The van der Waals surface area contributed by atoms with Crippen LogP contribution in [0, 0.1) is 0 Å². The number of hydrogen-bond donors (Lipinski definition) is 1. The van der Waals surface area contributed by atoms with E-state index in [1.165, 1.54) is 5.56 Å². The Kier molecular flexibility index (Phi) is 5.63. The van der Waals surface area contributed by atoms with Gasteiger partial charge in [-0.3, -0.25) is 4.90 Å². The van der Waals surface area contributed by atoms with Gasteiger partial charge in [-0.25, -0.2) is 0 Å². The first-order chi connectivity index (χ1) is 8.55. The fourth-order valence-electron chi connectivity index (χ4n) is 2.18. The van der Waals surface area contributed by atoms with E-state index in [-0.39, 0.29) is 5.54 Å². The molecule has 0 saturated carbocycles. The van der Waals surface area contributed by atoms with Crippen molar-refractivity contribution in [2.24, 2.45) is 5.73 Å². The molecule has 1 atom stereocenters. The monoisotopic (exact) mass is 250 g/mol. The van der Waals surface area contributed by atoms with Gasteiger partial charge in [0.1, 0.15) is 5.75 Å². The molecule has 0 heterocycles. The Morgan fingerprint density at radius 2 is 1.89 bits per heavy atom. The second kappa shape index (κ2) is 6.76. The number of nitrogens with zero attached hydrogens (tertiary/aromatic N) is 1. The molecule has 102 valence electrons. The van der Waals surface area contributed by atoms with Gasteiger partial charge in [0, 0.05) is 18.6 Å². The predicted molar refractivity (Wildman–Crippen MR) is 76.8 cm³/mol. The Morgan fingerprint density at radius 3 is 2.33 bits per heavy atom. The number of likely N-dealkylation sites (N-methyl/N-ethyl adjacent to an activating group) is 1. The van der Waals surface area contributed by atoms with Crippen LogP contribution in [0.2, 0.25) is 0 Å². The van der Waals surface area contributed by atoms with E-state index in [1.807, 2.05) is 12.1 Å². The Balaban J connectivity index is 2.69. The molecule has 0 aliphatic heterocycles. The van der Waals surface area contributed by atoms with Crippen LogP contribution in [-0.4, -0.2) is 31.1 Å². The first kappa shape index (κ1) is 15.0. The summed E-state index contributed by atoms with van der Waals surface area (Å²) < 4.78 is 5.17. The molecule has 1 aromatic rings. The van der Waals surface area contributed by atoms with Gasteiger partial charge >= 0.3 is 0 Å². The molecule has 0 aliphatic rings. The van der Waals surface area contributed by atoms with Gasteiger partial charge in [-0.05, 0) is 38.1 Å². The lowest BCUT2D eigenvalue weighted by molar-refractivity contribution is 0.125. The molecule has 0 radical (unpaired) electrons. The van der Waals surface area contributed by atoms with Gasteiger partial charge in [-0.2, -0.15) is 0 Å². The van der Waals surface area contributed by atoms with E-state index in [0.29, 0.717) is 6.54 Å². The molecular formula is C15H26N2O. The third kappa shape index (κ3) is 3.72. The van der Waals surface area contributed by atoms with Gasteiger partial charge in [-0.15, -0.1) is 0 Å². The highest BCUT2D eigenvalue weighted by Crippen LogP contribution is 2.21. The summed E-state index contributed by atoms with van der Waals surface area (Å²) in [6.07, 6.45) is 2.27. The van der Waals surface area contributed by atoms with Gasteiger partial charge in [0.05, 0.1) is 7.11 Å². The van der Waals surface area contributed by atoms with Crippen LogP contribution >= 0.6 is 0 Å². The molecule has 0 spiro atoms. The second-order valence-electron chi connectivity index (χ2n) is 5.16. The van der Waals surface area contributed by atoms with Crippen LogP contribution in [0.5, 0.6) is 5.75 Å². The molecule has 3 nitrogen and oxygen atoms in total. The summed E-state index contributed by atoms with van der Waals surface area (Å²) in [7, 11) is 3.83. The molecule has 2 N–H and O–H groups in total.